The first kappa shape index (κ1) is 14.1. The number of carboxylic acids is 1. The first-order valence-corrected chi connectivity index (χ1v) is 5.22. The summed E-state index contributed by atoms with van der Waals surface area (Å²) in [7, 11) is 0. The van der Waals surface area contributed by atoms with Gasteiger partial charge in [-0.05, 0) is 13.3 Å². The molecule has 0 spiro atoms. The Balaban J connectivity index is 4.27. The lowest BCUT2D eigenvalue weighted by molar-refractivity contribution is -0.137. The molecular formula is C11H21NO3. The normalized spacial score (nSPS) is 12.8. The van der Waals surface area contributed by atoms with Crippen molar-refractivity contribution in [2.45, 2.75) is 32.7 Å². The van der Waals surface area contributed by atoms with Crippen LogP contribution in [0, 0.1) is 0 Å². The molecule has 0 heterocycles. The van der Waals surface area contributed by atoms with Gasteiger partial charge in [0.1, 0.15) is 0 Å². The highest BCUT2D eigenvalue weighted by atomic mass is 16.4. The Morgan fingerprint density at radius 2 is 2.13 bits per heavy atom. The summed E-state index contributed by atoms with van der Waals surface area (Å²) in [4.78, 5) is 12.4. The lowest BCUT2D eigenvalue weighted by atomic mass is 10.1. The summed E-state index contributed by atoms with van der Waals surface area (Å²) in [6.07, 6.45) is 0.910. The first-order chi connectivity index (χ1) is 7.01. The van der Waals surface area contributed by atoms with Gasteiger partial charge in [-0.2, -0.15) is 0 Å². The Kier molecular flexibility index (Phi) is 6.99. The van der Waals surface area contributed by atoms with Gasteiger partial charge in [0.05, 0.1) is 13.0 Å². The Bertz CT molecular complexity index is 212. The molecule has 0 fully saturated rings. The fourth-order valence-corrected chi connectivity index (χ4v) is 1.48. The molecular weight excluding hydrogens is 194 g/mol. The van der Waals surface area contributed by atoms with E-state index >= 15 is 0 Å². The largest absolute Gasteiger partial charge is 0.481 e. The summed E-state index contributed by atoms with van der Waals surface area (Å²) in [5.74, 6) is -0.811. The molecule has 0 aliphatic heterocycles. The van der Waals surface area contributed by atoms with E-state index in [4.69, 9.17) is 10.2 Å². The maximum absolute atomic E-state index is 10.5. The van der Waals surface area contributed by atoms with E-state index in [0.717, 1.165) is 12.0 Å². The van der Waals surface area contributed by atoms with Crippen molar-refractivity contribution in [2.75, 3.05) is 19.7 Å². The van der Waals surface area contributed by atoms with Gasteiger partial charge in [-0.1, -0.05) is 19.1 Å². The maximum Gasteiger partial charge on any atom is 0.304 e. The highest BCUT2D eigenvalue weighted by Gasteiger charge is 2.16. The van der Waals surface area contributed by atoms with Crippen molar-refractivity contribution in [1.29, 1.82) is 0 Å². The van der Waals surface area contributed by atoms with E-state index < -0.39 is 5.97 Å². The monoisotopic (exact) mass is 215 g/mol. The zero-order valence-electron chi connectivity index (χ0n) is 9.57. The van der Waals surface area contributed by atoms with Gasteiger partial charge in [0.25, 0.3) is 0 Å². The average Bonchev–Trinajstić information content (AvgIpc) is 2.14. The van der Waals surface area contributed by atoms with Gasteiger partial charge in [-0.3, -0.25) is 9.69 Å². The fraction of sp³-hybridized carbons (Fsp3) is 0.727. The zero-order chi connectivity index (χ0) is 11.8. The molecule has 0 bridgehead atoms. The molecule has 0 aromatic carbocycles. The van der Waals surface area contributed by atoms with Gasteiger partial charge in [0.2, 0.25) is 0 Å². The van der Waals surface area contributed by atoms with Gasteiger partial charge in [0.15, 0.2) is 0 Å². The molecule has 1 unspecified atom stereocenters. The average molecular weight is 215 g/mol. The summed E-state index contributed by atoms with van der Waals surface area (Å²) < 4.78 is 0. The van der Waals surface area contributed by atoms with Crippen molar-refractivity contribution in [1.82, 2.24) is 4.90 Å². The van der Waals surface area contributed by atoms with Gasteiger partial charge >= 0.3 is 5.97 Å². The van der Waals surface area contributed by atoms with Crippen molar-refractivity contribution in [3.63, 3.8) is 0 Å². The third-order valence-corrected chi connectivity index (χ3v) is 2.28. The quantitative estimate of drug-likeness (QED) is 0.595. The topological polar surface area (TPSA) is 60.8 Å². The van der Waals surface area contributed by atoms with E-state index in [-0.39, 0.29) is 19.1 Å². The highest BCUT2D eigenvalue weighted by molar-refractivity contribution is 5.66. The van der Waals surface area contributed by atoms with Crippen LogP contribution in [0.25, 0.3) is 0 Å². The molecule has 0 rings (SSSR count). The SMILES string of the molecule is C=C(C)CN(CCC(=O)O)C(CC)CO. The van der Waals surface area contributed by atoms with Crippen LogP contribution in [0.5, 0.6) is 0 Å². The maximum atomic E-state index is 10.5. The molecule has 0 aliphatic carbocycles. The molecule has 0 saturated carbocycles. The molecule has 0 aromatic rings. The van der Waals surface area contributed by atoms with Crippen LogP contribution in [0.4, 0.5) is 0 Å². The third-order valence-electron chi connectivity index (χ3n) is 2.28. The Hall–Kier alpha value is -0.870. The summed E-state index contributed by atoms with van der Waals surface area (Å²) in [6, 6.07) is 0.0287. The highest BCUT2D eigenvalue weighted by Crippen LogP contribution is 2.07. The van der Waals surface area contributed by atoms with E-state index in [9.17, 15) is 4.79 Å². The van der Waals surface area contributed by atoms with Crippen molar-refractivity contribution in [3.8, 4) is 0 Å². The lowest BCUT2D eigenvalue weighted by Gasteiger charge is -2.29. The Labute approximate surface area is 91.2 Å². The minimum atomic E-state index is -0.811. The molecule has 0 aliphatic rings. The van der Waals surface area contributed by atoms with E-state index in [2.05, 4.69) is 6.58 Å². The first-order valence-electron chi connectivity index (χ1n) is 5.22. The standard InChI is InChI=1S/C11H21NO3/c1-4-10(8-13)12(7-9(2)3)6-5-11(14)15/h10,13H,2,4-8H2,1,3H3,(H,14,15). The van der Waals surface area contributed by atoms with Crippen LogP contribution < -0.4 is 0 Å². The molecule has 4 nitrogen and oxygen atoms in total. The van der Waals surface area contributed by atoms with Crippen LogP contribution >= 0.6 is 0 Å². The van der Waals surface area contributed by atoms with Crippen molar-refractivity contribution < 1.29 is 15.0 Å². The molecule has 0 amide bonds. The van der Waals surface area contributed by atoms with E-state index in [0.29, 0.717) is 13.1 Å². The van der Waals surface area contributed by atoms with Gasteiger partial charge in [-0.15, -0.1) is 0 Å². The molecule has 15 heavy (non-hydrogen) atoms. The minimum Gasteiger partial charge on any atom is -0.481 e. The molecule has 88 valence electrons. The molecule has 0 saturated heterocycles. The van der Waals surface area contributed by atoms with Crippen molar-refractivity contribution >= 4 is 5.97 Å². The van der Waals surface area contributed by atoms with Crippen LogP contribution in [0.3, 0.4) is 0 Å². The second kappa shape index (κ2) is 7.43. The van der Waals surface area contributed by atoms with Crippen LogP contribution in [0.1, 0.15) is 26.7 Å². The summed E-state index contributed by atoms with van der Waals surface area (Å²) >= 11 is 0. The van der Waals surface area contributed by atoms with E-state index in [1.165, 1.54) is 0 Å². The van der Waals surface area contributed by atoms with Crippen LogP contribution in [-0.2, 0) is 4.79 Å². The van der Waals surface area contributed by atoms with E-state index in [1.54, 1.807) is 0 Å². The summed E-state index contributed by atoms with van der Waals surface area (Å²) in [5, 5.41) is 17.8. The molecule has 2 N–H and O–H groups in total. The van der Waals surface area contributed by atoms with Crippen LogP contribution in [0.2, 0.25) is 0 Å². The Morgan fingerprint density at radius 1 is 1.53 bits per heavy atom. The number of carboxylic acid groups (broad SMARTS) is 1. The molecule has 4 heteroatoms. The smallest absolute Gasteiger partial charge is 0.304 e. The van der Waals surface area contributed by atoms with Gasteiger partial charge in [0, 0.05) is 19.1 Å². The number of nitrogens with zero attached hydrogens (tertiary/aromatic N) is 1. The number of hydrogen-bond donors (Lipinski definition) is 2. The number of aliphatic hydroxyl groups excluding tert-OH is 1. The number of aliphatic hydroxyl groups is 1. The summed E-state index contributed by atoms with van der Waals surface area (Å²) in [5.41, 5.74) is 0.979. The Morgan fingerprint density at radius 3 is 2.47 bits per heavy atom. The van der Waals surface area contributed by atoms with Crippen LogP contribution in [0.15, 0.2) is 12.2 Å². The van der Waals surface area contributed by atoms with Gasteiger partial charge in [-0.25, -0.2) is 0 Å². The molecule has 0 aromatic heterocycles. The second-order valence-electron chi connectivity index (χ2n) is 3.82. The fourth-order valence-electron chi connectivity index (χ4n) is 1.48. The molecule has 0 radical (unpaired) electrons. The van der Waals surface area contributed by atoms with Crippen molar-refractivity contribution in [2.24, 2.45) is 0 Å². The molecule has 1 atom stereocenters. The third kappa shape index (κ3) is 6.25. The number of hydrogen-bond acceptors (Lipinski definition) is 3. The summed E-state index contributed by atoms with van der Waals surface area (Å²) in [6.45, 7) is 8.85. The second-order valence-corrected chi connectivity index (χ2v) is 3.82. The number of aliphatic carboxylic acids is 1. The lowest BCUT2D eigenvalue weighted by Crippen LogP contribution is -2.39. The van der Waals surface area contributed by atoms with Crippen LogP contribution in [-0.4, -0.2) is 46.8 Å². The zero-order valence-corrected chi connectivity index (χ0v) is 9.57. The van der Waals surface area contributed by atoms with E-state index in [1.807, 2.05) is 18.7 Å². The number of carbonyl (C=O) groups is 1. The predicted octanol–water partition coefficient (Wildman–Crippen LogP) is 1.11. The predicted molar refractivity (Wildman–Crippen MR) is 59.8 cm³/mol. The number of rotatable bonds is 8. The van der Waals surface area contributed by atoms with Gasteiger partial charge < -0.3 is 10.2 Å². The van der Waals surface area contributed by atoms with Crippen molar-refractivity contribution in [3.05, 3.63) is 12.2 Å². The minimum absolute atomic E-state index is 0.0287.